The van der Waals surface area contributed by atoms with E-state index in [0.717, 1.165) is 0 Å². The lowest BCUT2D eigenvalue weighted by atomic mass is 10.0. The molecule has 0 aliphatic carbocycles. The number of hydrogen-bond acceptors (Lipinski definition) is 3. The summed E-state index contributed by atoms with van der Waals surface area (Å²) in [5.41, 5.74) is 0.314. The fraction of sp³-hybridized carbons (Fsp3) is 0.417. The van der Waals surface area contributed by atoms with Crippen LogP contribution in [0.5, 0.6) is 0 Å². The molecule has 1 atom stereocenters. The number of carbonyl (C=O) groups excluding carboxylic acids is 1. The highest BCUT2D eigenvalue weighted by Gasteiger charge is 2.14. The molecule has 1 unspecified atom stereocenters. The lowest BCUT2D eigenvalue weighted by Crippen LogP contribution is -2.30. The number of carboxylic acid groups (broad SMARTS) is 1. The summed E-state index contributed by atoms with van der Waals surface area (Å²) < 4.78 is 0.590. The fourth-order valence-electron chi connectivity index (χ4n) is 1.47. The third kappa shape index (κ3) is 4.83. The van der Waals surface area contributed by atoms with Crippen molar-refractivity contribution in [2.24, 2.45) is 5.92 Å². The zero-order valence-electron chi connectivity index (χ0n) is 10.0. The molecule has 1 amide bonds. The molecule has 0 saturated carbocycles. The van der Waals surface area contributed by atoms with Crippen molar-refractivity contribution < 1.29 is 14.7 Å². The number of aromatic nitrogens is 1. The molecular formula is C12H15BrN2O3. The van der Waals surface area contributed by atoms with Crippen LogP contribution in [0.1, 0.15) is 30.3 Å². The van der Waals surface area contributed by atoms with Crippen LogP contribution in [0.3, 0.4) is 0 Å². The van der Waals surface area contributed by atoms with E-state index < -0.39 is 5.97 Å². The molecule has 0 aromatic carbocycles. The van der Waals surface area contributed by atoms with Crippen molar-refractivity contribution in [3.05, 3.63) is 28.5 Å². The first-order valence-corrected chi connectivity index (χ1v) is 6.44. The molecule has 1 aromatic rings. The third-order valence-corrected chi connectivity index (χ3v) is 2.98. The molecule has 0 aliphatic rings. The number of amides is 1. The average Bonchev–Trinajstić information content (AvgIpc) is 2.33. The van der Waals surface area contributed by atoms with E-state index in [-0.39, 0.29) is 18.2 Å². The first kappa shape index (κ1) is 14.6. The number of pyridine rings is 1. The van der Waals surface area contributed by atoms with Crippen molar-refractivity contribution in [3.8, 4) is 0 Å². The number of halogens is 1. The highest BCUT2D eigenvalue weighted by atomic mass is 79.9. The van der Waals surface area contributed by atoms with E-state index in [1.807, 2.05) is 6.92 Å². The summed E-state index contributed by atoms with van der Waals surface area (Å²) in [4.78, 5) is 26.4. The van der Waals surface area contributed by atoms with Crippen LogP contribution in [0, 0.1) is 5.92 Å². The standard InChI is InChI=1S/C12H15BrN2O3/c1-2-8(6-11(16)17)7-14-12(18)9-4-3-5-10(13)15-9/h3-5,8H,2,6-7H2,1H3,(H,14,18)(H,16,17). The minimum atomic E-state index is -0.850. The smallest absolute Gasteiger partial charge is 0.303 e. The monoisotopic (exact) mass is 314 g/mol. The van der Waals surface area contributed by atoms with Gasteiger partial charge >= 0.3 is 5.97 Å². The maximum absolute atomic E-state index is 11.8. The molecule has 0 aliphatic heterocycles. The van der Waals surface area contributed by atoms with Gasteiger partial charge in [0.05, 0.1) is 0 Å². The van der Waals surface area contributed by atoms with Crippen LogP contribution in [-0.4, -0.2) is 28.5 Å². The maximum Gasteiger partial charge on any atom is 0.303 e. The van der Waals surface area contributed by atoms with Crippen molar-refractivity contribution in [1.82, 2.24) is 10.3 Å². The molecule has 98 valence electrons. The van der Waals surface area contributed by atoms with E-state index in [2.05, 4.69) is 26.2 Å². The third-order valence-electron chi connectivity index (χ3n) is 2.54. The summed E-state index contributed by atoms with van der Waals surface area (Å²) in [5, 5.41) is 11.4. The number of carbonyl (C=O) groups is 2. The van der Waals surface area contributed by atoms with E-state index in [1.165, 1.54) is 0 Å². The van der Waals surface area contributed by atoms with Gasteiger partial charge in [-0.1, -0.05) is 19.4 Å². The highest BCUT2D eigenvalue weighted by Crippen LogP contribution is 2.08. The number of rotatable bonds is 6. The molecule has 1 rings (SSSR count). The van der Waals surface area contributed by atoms with Crippen molar-refractivity contribution in [2.45, 2.75) is 19.8 Å². The van der Waals surface area contributed by atoms with Crippen LogP contribution in [0.2, 0.25) is 0 Å². The maximum atomic E-state index is 11.8. The summed E-state index contributed by atoms with van der Waals surface area (Å²) in [6.07, 6.45) is 0.765. The van der Waals surface area contributed by atoms with E-state index >= 15 is 0 Å². The largest absolute Gasteiger partial charge is 0.481 e. The molecule has 0 fully saturated rings. The van der Waals surface area contributed by atoms with Gasteiger partial charge in [-0.3, -0.25) is 9.59 Å². The number of hydrogen-bond donors (Lipinski definition) is 2. The topological polar surface area (TPSA) is 79.3 Å². The highest BCUT2D eigenvalue weighted by molar-refractivity contribution is 9.10. The van der Waals surface area contributed by atoms with Gasteiger partial charge < -0.3 is 10.4 Å². The van der Waals surface area contributed by atoms with Crippen LogP contribution in [-0.2, 0) is 4.79 Å². The van der Waals surface area contributed by atoms with Gasteiger partial charge in [0.15, 0.2) is 0 Å². The van der Waals surface area contributed by atoms with Gasteiger partial charge in [-0.25, -0.2) is 4.98 Å². The summed E-state index contributed by atoms with van der Waals surface area (Å²) in [7, 11) is 0. The first-order valence-electron chi connectivity index (χ1n) is 5.65. The molecule has 6 heteroatoms. The normalized spacial score (nSPS) is 11.9. The predicted octanol–water partition coefficient (Wildman–Crippen LogP) is 2.07. The van der Waals surface area contributed by atoms with Crippen molar-refractivity contribution in [3.63, 3.8) is 0 Å². The van der Waals surface area contributed by atoms with E-state index in [0.29, 0.717) is 23.3 Å². The number of nitrogens with one attached hydrogen (secondary N) is 1. The van der Waals surface area contributed by atoms with Crippen LogP contribution in [0.4, 0.5) is 0 Å². The van der Waals surface area contributed by atoms with Gasteiger partial charge in [0.2, 0.25) is 0 Å². The minimum absolute atomic E-state index is 0.0568. The summed E-state index contributed by atoms with van der Waals surface area (Å²) in [6.45, 7) is 2.24. The molecule has 1 aromatic heterocycles. The van der Waals surface area contributed by atoms with Gasteiger partial charge in [-0.15, -0.1) is 0 Å². The molecule has 0 spiro atoms. The van der Waals surface area contributed by atoms with Gasteiger partial charge in [0, 0.05) is 13.0 Å². The Morgan fingerprint density at radius 1 is 1.50 bits per heavy atom. The molecule has 18 heavy (non-hydrogen) atoms. The van der Waals surface area contributed by atoms with E-state index in [1.54, 1.807) is 18.2 Å². The Morgan fingerprint density at radius 2 is 2.22 bits per heavy atom. The molecule has 2 N–H and O–H groups in total. The zero-order valence-corrected chi connectivity index (χ0v) is 11.6. The van der Waals surface area contributed by atoms with Gasteiger partial charge in [0.1, 0.15) is 10.3 Å². The summed E-state index contributed by atoms with van der Waals surface area (Å²) in [5.74, 6) is -1.20. The second-order valence-electron chi connectivity index (χ2n) is 3.93. The Balaban J connectivity index is 2.52. The first-order chi connectivity index (χ1) is 8.52. The lowest BCUT2D eigenvalue weighted by Gasteiger charge is -2.13. The van der Waals surface area contributed by atoms with Gasteiger partial charge in [0.25, 0.3) is 5.91 Å². The van der Waals surface area contributed by atoms with Crippen molar-refractivity contribution in [1.29, 1.82) is 0 Å². The Labute approximate surface area is 114 Å². The van der Waals surface area contributed by atoms with Gasteiger partial charge in [-0.2, -0.15) is 0 Å². The molecule has 0 bridgehead atoms. The predicted molar refractivity (Wildman–Crippen MR) is 70.3 cm³/mol. The van der Waals surface area contributed by atoms with Crippen LogP contribution in [0.25, 0.3) is 0 Å². The Kier molecular flexibility index (Phi) is 5.77. The Bertz CT molecular complexity index is 437. The second kappa shape index (κ2) is 7.10. The quantitative estimate of drug-likeness (QED) is 0.788. The van der Waals surface area contributed by atoms with E-state index in [4.69, 9.17) is 5.11 Å². The van der Waals surface area contributed by atoms with Crippen molar-refractivity contribution >= 4 is 27.8 Å². The van der Waals surface area contributed by atoms with Crippen LogP contribution < -0.4 is 5.32 Å². The molecule has 0 radical (unpaired) electrons. The number of nitrogens with zero attached hydrogens (tertiary/aromatic N) is 1. The molecular weight excluding hydrogens is 300 g/mol. The second-order valence-corrected chi connectivity index (χ2v) is 4.74. The fourth-order valence-corrected chi connectivity index (χ4v) is 1.81. The van der Waals surface area contributed by atoms with Crippen LogP contribution >= 0.6 is 15.9 Å². The summed E-state index contributed by atoms with van der Waals surface area (Å²) >= 11 is 3.19. The summed E-state index contributed by atoms with van der Waals surface area (Å²) in [6, 6.07) is 5.06. The number of aliphatic carboxylic acids is 1. The molecule has 5 nitrogen and oxygen atoms in total. The SMILES string of the molecule is CCC(CNC(=O)c1cccc(Br)n1)CC(=O)O. The molecule has 0 saturated heterocycles. The minimum Gasteiger partial charge on any atom is -0.481 e. The zero-order chi connectivity index (χ0) is 13.5. The van der Waals surface area contributed by atoms with E-state index in [9.17, 15) is 9.59 Å². The molecule has 1 heterocycles. The Morgan fingerprint density at radius 3 is 2.78 bits per heavy atom. The average molecular weight is 315 g/mol. The lowest BCUT2D eigenvalue weighted by molar-refractivity contribution is -0.138. The van der Waals surface area contributed by atoms with Crippen molar-refractivity contribution in [2.75, 3.05) is 6.54 Å². The number of carboxylic acids is 1. The van der Waals surface area contributed by atoms with Gasteiger partial charge in [-0.05, 0) is 34.0 Å². The Hall–Kier alpha value is -1.43. The van der Waals surface area contributed by atoms with Crippen LogP contribution in [0.15, 0.2) is 22.8 Å².